The quantitative estimate of drug-likeness (QED) is 0.329. The smallest absolute Gasteiger partial charge is 0.0970 e. The summed E-state index contributed by atoms with van der Waals surface area (Å²) < 4.78 is 0. The minimum absolute atomic E-state index is 0.0301. The first-order valence-electron chi connectivity index (χ1n) is 1.72. The van der Waals surface area contributed by atoms with Crippen molar-refractivity contribution in [2.75, 3.05) is 14.2 Å². The van der Waals surface area contributed by atoms with Gasteiger partial charge in [-0.2, -0.15) is 16.0 Å². The van der Waals surface area contributed by atoms with Gasteiger partial charge in [0.05, 0.1) is 7.11 Å². The molecule has 0 radical (unpaired) electrons. The Bertz CT molecular complexity index is 41.9. The summed E-state index contributed by atoms with van der Waals surface area (Å²) in [7, 11) is 2.81. The van der Waals surface area contributed by atoms with Gasteiger partial charge in [-0.25, -0.2) is 0 Å². The lowest BCUT2D eigenvalue weighted by molar-refractivity contribution is -1.08. The Labute approximate surface area is 41.8 Å². The molecule has 0 aromatic carbocycles. The largest absolute Gasteiger partial charge is 0.435 e. The van der Waals surface area contributed by atoms with E-state index in [0.717, 1.165) is 0 Å². The minimum atomic E-state index is 0.0301. The number of hydrogen-bond donors (Lipinski definition) is 2. The third kappa shape index (κ3) is 3.64. The van der Waals surface area contributed by atoms with E-state index in [-0.39, 0.29) is 5.28 Å². The van der Waals surface area contributed by atoms with Crippen molar-refractivity contribution in [2.45, 2.75) is 0 Å². The Morgan fingerprint density at radius 3 is 2.29 bits per heavy atom. The van der Waals surface area contributed by atoms with Crippen LogP contribution in [0.4, 0.5) is 0 Å². The molecule has 44 valence electrons. The number of quaternary nitrogens is 1. The fourth-order valence-electron chi connectivity index (χ4n) is 0.127. The zero-order valence-corrected chi connectivity index (χ0v) is 4.34. The summed E-state index contributed by atoms with van der Waals surface area (Å²) in [5.74, 6) is 4.99. The monoisotopic (exact) mass is 107 g/mol. The van der Waals surface area contributed by atoms with E-state index in [9.17, 15) is 0 Å². The van der Waals surface area contributed by atoms with Crippen LogP contribution >= 0.6 is 0 Å². The molecule has 0 saturated heterocycles. The van der Waals surface area contributed by atoms with Gasteiger partial charge in [0.2, 0.25) is 0 Å². The second-order valence-electron chi connectivity index (χ2n) is 0.816. The molecule has 0 aliphatic carbocycles. The molecule has 7 heavy (non-hydrogen) atoms. The zero-order chi connectivity index (χ0) is 5.70. The minimum Gasteiger partial charge on any atom is -0.435 e. The van der Waals surface area contributed by atoms with Gasteiger partial charge in [0.15, 0.2) is 0 Å². The zero-order valence-electron chi connectivity index (χ0n) is 4.34. The maximum atomic E-state index is 4.99. The van der Waals surface area contributed by atoms with Gasteiger partial charge >= 0.3 is 0 Å². The lowest BCUT2D eigenvalue weighted by atomic mass is 11.7. The van der Waals surface area contributed by atoms with Crippen molar-refractivity contribution in [3.63, 3.8) is 0 Å². The number of nitrogens with zero attached hydrogens (tertiary/aromatic N) is 1. The molecule has 0 saturated carbocycles. The molecule has 0 bridgehead atoms. The molecule has 0 aliphatic rings. The highest BCUT2D eigenvalue weighted by Crippen LogP contribution is 1.61. The second kappa shape index (κ2) is 3.97. The van der Waals surface area contributed by atoms with Crippen molar-refractivity contribution in [3.05, 3.63) is 5.59 Å². The molecule has 0 heterocycles. The molecule has 1 unspecified atom stereocenters. The van der Waals surface area contributed by atoms with Gasteiger partial charge in [-0.3, -0.25) is 5.59 Å². The Hall–Kier alpha value is -0.200. The third-order valence-electron chi connectivity index (χ3n) is 0.390. The molecule has 0 amide bonds. The fraction of sp³-hybridized carbons (Fsp3) is 1.00. The summed E-state index contributed by atoms with van der Waals surface area (Å²) in [6, 6.07) is 0. The summed E-state index contributed by atoms with van der Waals surface area (Å²) in [4.78, 5) is 8.63. The van der Waals surface area contributed by atoms with Crippen LogP contribution in [0, 0.1) is 0 Å². The number of nitrogens with one attached hydrogen (secondary N) is 1. The highest BCUT2D eigenvalue weighted by Gasteiger charge is 1.78. The van der Waals surface area contributed by atoms with E-state index in [4.69, 9.17) is 5.84 Å². The Morgan fingerprint density at radius 2 is 2.14 bits per heavy atom. The highest BCUT2D eigenvalue weighted by atomic mass is 16.8. The number of hydrogen-bond acceptors (Lipinski definition) is 3. The van der Waals surface area contributed by atoms with Crippen molar-refractivity contribution in [1.29, 1.82) is 0 Å². The summed E-state index contributed by atoms with van der Waals surface area (Å²) >= 11 is 0. The summed E-state index contributed by atoms with van der Waals surface area (Å²) in [6.45, 7) is 0. The lowest BCUT2D eigenvalue weighted by Gasteiger charge is -2.18. The van der Waals surface area contributed by atoms with Gasteiger partial charge in [0.1, 0.15) is 0 Å². The third-order valence-corrected chi connectivity index (χ3v) is 0.390. The van der Waals surface area contributed by atoms with E-state index >= 15 is 0 Å². The Balaban J connectivity index is 2.83. The van der Waals surface area contributed by atoms with E-state index in [0.29, 0.717) is 0 Å². The van der Waals surface area contributed by atoms with Gasteiger partial charge in [0.25, 0.3) is 0 Å². The first-order valence-corrected chi connectivity index (χ1v) is 1.72. The fourth-order valence-corrected chi connectivity index (χ4v) is 0.127. The molecule has 1 atom stereocenters. The van der Waals surface area contributed by atoms with Crippen LogP contribution in [0.2, 0.25) is 0 Å². The van der Waals surface area contributed by atoms with Crippen LogP contribution in [0.1, 0.15) is 0 Å². The second-order valence-corrected chi connectivity index (χ2v) is 0.816. The predicted octanol–water partition coefficient (Wildman–Crippen LogP) is -1.84. The first kappa shape index (κ1) is 6.80. The summed E-state index contributed by atoms with van der Waals surface area (Å²) in [6.07, 6.45) is 0. The topological polar surface area (TPSA) is 63.0 Å². The molecule has 0 aromatic heterocycles. The molecule has 0 rings (SSSR count). The average Bonchev–Trinajstić information content (AvgIpc) is 1.68. The molecule has 5 nitrogen and oxygen atoms in total. The molecular weight excluding hydrogens is 98.0 g/mol. The van der Waals surface area contributed by atoms with Crippen molar-refractivity contribution < 1.29 is 15.0 Å². The van der Waals surface area contributed by atoms with E-state index in [2.05, 4.69) is 15.3 Å². The average molecular weight is 107 g/mol. The van der Waals surface area contributed by atoms with Crippen LogP contribution in [0.5, 0.6) is 0 Å². The van der Waals surface area contributed by atoms with Gasteiger partial charge in [-0.1, -0.05) is 0 Å². The van der Waals surface area contributed by atoms with Crippen LogP contribution in [0.15, 0.2) is 0 Å². The number of rotatable bonds is 3. The van der Waals surface area contributed by atoms with Crippen LogP contribution in [0.3, 0.4) is 0 Å². The van der Waals surface area contributed by atoms with Crippen molar-refractivity contribution in [2.24, 2.45) is 5.84 Å². The van der Waals surface area contributed by atoms with Gasteiger partial charge in [-0.15, -0.1) is 0 Å². The van der Waals surface area contributed by atoms with Gasteiger partial charge < -0.3 is 4.84 Å². The van der Waals surface area contributed by atoms with Crippen molar-refractivity contribution in [1.82, 2.24) is 0 Å². The van der Waals surface area contributed by atoms with Crippen LogP contribution in [0.25, 0.3) is 5.59 Å². The first-order chi connectivity index (χ1) is 3.31. The Morgan fingerprint density at radius 1 is 1.57 bits per heavy atom. The van der Waals surface area contributed by atoms with Crippen LogP contribution in [-0.2, 0) is 9.68 Å². The van der Waals surface area contributed by atoms with Crippen molar-refractivity contribution in [3.8, 4) is 0 Å². The van der Waals surface area contributed by atoms with E-state index < -0.39 is 0 Å². The van der Waals surface area contributed by atoms with E-state index in [1.165, 1.54) is 14.2 Å². The summed E-state index contributed by atoms with van der Waals surface area (Å²) in [5, 5.41) is 0.0301. The van der Waals surface area contributed by atoms with Gasteiger partial charge in [-0.05, 0) is 0 Å². The van der Waals surface area contributed by atoms with Crippen molar-refractivity contribution >= 4 is 0 Å². The molecule has 3 N–H and O–H groups in total. The van der Waals surface area contributed by atoms with E-state index in [1.54, 1.807) is 0 Å². The van der Waals surface area contributed by atoms with Gasteiger partial charge in [0, 0.05) is 7.11 Å². The highest BCUT2D eigenvalue weighted by molar-refractivity contribution is 4.12. The molecule has 5 heteroatoms. The Kier molecular flexibility index (Phi) is 3.86. The predicted molar refractivity (Wildman–Crippen MR) is 22.5 cm³/mol. The maximum Gasteiger partial charge on any atom is 0.0970 e. The van der Waals surface area contributed by atoms with Crippen LogP contribution < -0.4 is 11.1 Å². The molecule has 0 fully saturated rings. The standard InChI is InChI=1S/C2H9N3O2/c1-6-4-5(3)7-2/h5H,3H2,1-2H3. The van der Waals surface area contributed by atoms with E-state index in [1.807, 2.05) is 0 Å². The lowest BCUT2D eigenvalue weighted by Crippen LogP contribution is -3.12. The SMILES string of the molecule is CO[N-][NH+](N)OC. The number of nitrogens with two attached hydrogens (primary N) is 1. The molecule has 0 aliphatic heterocycles. The molecule has 0 aromatic rings. The normalized spacial score (nSPS) is 14.1. The van der Waals surface area contributed by atoms with Crippen LogP contribution in [-0.4, -0.2) is 14.2 Å². The molecular formula is C2H9N3O2. The molecule has 0 spiro atoms. The maximum absolute atomic E-state index is 4.99. The summed E-state index contributed by atoms with van der Waals surface area (Å²) in [5.41, 5.74) is 3.22.